The quantitative estimate of drug-likeness (QED) is 0.271. The summed E-state index contributed by atoms with van der Waals surface area (Å²) in [6, 6.07) is 18.8. The lowest BCUT2D eigenvalue weighted by atomic mass is 10.1. The Labute approximate surface area is 197 Å². The normalized spacial score (nSPS) is 11.2. The number of hydrogen-bond donors (Lipinski definition) is 3. The highest BCUT2D eigenvalue weighted by atomic mass is 16.5. The molecule has 3 rings (SSSR count). The number of carbonyl (C=O) groups excluding carboxylic acids is 2. The number of phenols is 1. The van der Waals surface area contributed by atoms with Gasteiger partial charge in [-0.05, 0) is 48.9 Å². The van der Waals surface area contributed by atoms with Gasteiger partial charge < -0.3 is 19.9 Å². The molecule has 0 saturated carbocycles. The molecule has 3 aromatic carbocycles. The molecule has 0 aliphatic rings. The van der Waals surface area contributed by atoms with Crippen LogP contribution in [0.3, 0.4) is 0 Å². The zero-order chi connectivity index (χ0) is 24.5. The summed E-state index contributed by atoms with van der Waals surface area (Å²) >= 11 is 0. The SMILES string of the molecule is COc1ccc(/C=C(/NC(=O)c2ccccc2)C(=O)N/N=C/c2cccc(C)c2O)c(OC)c1. The molecular formula is C26H25N3O5. The molecule has 174 valence electrons. The van der Waals surface area contributed by atoms with Crippen LogP contribution in [0.2, 0.25) is 0 Å². The number of aryl methyl sites for hydroxylation is 1. The van der Waals surface area contributed by atoms with E-state index in [4.69, 9.17) is 9.47 Å². The van der Waals surface area contributed by atoms with E-state index in [0.29, 0.717) is 33.8 Å². The number of carbonyl (C=O) groups is 2. The van der Waals surface area contributed by atoms with Crippen molar-refractivity contribution in [3.05, 3.63) is 94.7 Å². The lowest BCUT2D eigenvalue weighted by molar-refractivity contribution is -0.117. The van der Waals surface area contributed by atoms with Crippen molar-refractivity contribution in [1.82, 2.24) is 10.7 Å². The summed E-state index contributed by atoms with van der Waals surface area (Å²) in [5, 5.41) is 16.7. The van der Waals surface area contributed by atoms with Crippen LogP contribution < -0.4 is 20.2 Å². The van der Waals surface area contributed by atoms with E-state index in [2.05, 4.69) is 15.8 Å². The molecule has 8 heteroatoms. The van der Waals surface area contributed by atoms with Crippen molar-refractivity contribution in [2.75, 3.05) is 14.2 Å². The third-order valence-corrected chi connectivity index (χ3v) is 4.91. The van der Waals surface area contributed by atoms with Crippen LogP contribution in [0, 0.1) is 6.92 Å². The van der Waals surface area contributed by atoms with E-state index < -0.39 is 11.8 Å². The molecule has 0 aliphatic carbocycles. The smallest absolute Gasteiger partial charge is 0.287 e. The predicted octanol–water partition coefficient (Wildman–Crippen LogP) is 3.64. The highest BCUT2D eigenvalue weighted by Gasteiger charge is 2.16. The molecular weight excluding hydrogens is 434 g/mol. The fourth-order valence-electron chi connectivity index (χ4n) is 3.04. The Hall–Kier alpha value is -4.59. The number of hydrazone groups is 1. The van der Waals surface area contributed by atoms with Gasteiger partial charge in [-0.25, -0.2) is 5.43 Å². The molecule has 0 spiro atoms. The average Bonchev–Trinajstić information content (AvgIpc) is 2.86. The van der Waals surface area contributed by atoms with Crippen molar-refractivity contribution in [3.63, 3.8) is 0 Å². The van der Waals surface area contributed by atoms with Crippen molar-refractivity contribution in [3.8, 4) is 17.2 Å². The van der Waals surface area contributed by atoms with E-state index >= 15 is 0 Å². The highest BCUT2D eigenvalue weighted by molar-refractivity contribution is 6.05. The van der Waals surface area contributed by atoms with Crippen LogP contribution >= 0.6 is 0 Å². The zero-order valence-electron chi connectivity index (χ0n) is 19.0. The molecule has 34 heavy (non-hydrogen) atoms. The monoisotopic (exact) mass is 459 g/mol. The molecule has 0 atom stereocenters. The molecule has 0 bridgehead atoms. The van der Waals surface area contributed by atoms with Gasteiger partial charge in [0.25, 0.3) is 11.8 Å². The van der Waals surface area contributed by atoms with Gasteiger partial charge in [0, 0.05) is 22.8 Å². The van der Waals surface area contributed by atoms with Gasteiger partial charge in [-0.15, -0.1) is 0 Å². The number of rotatable bonds is 8. The summed E-state index contributed by atoms with van der Waals surface area (Å²) in [4.78, 5) is 25.7. The lowest BCUT2D eigenvalue weighted by Crippen LogP contribution is -2.32. The molecule has 3 N–H and O–H groups in total. The van der Waals surface area contributed by atoms with Crippen LogP contribution in [-0.4, -0.2) is 37.4 Å². The fraction of sp³-hybridized carbons (Fsp3) is 0.115. The maximum atomic E-state index is 12.9. The van der Waals surface area contributed by atoms with Crippen LogP contribution in [0.1, 0.15) is 27.0 Å². The standard InChI is InChI=1S/C26H25N3O5/c1-17-8-7-11-20(24(17)30)16-27-29-26(32)22(28-25(31)18-9-5-4-6-10-18)14-19-12-13-21(33-2)15-23(19)34-3/h4-16,30H,1-3H3,(H,28,31)(H,29,32)/b22-14+,27-16+. The van der Waals surface area contributed by atoms with Gasteiger partial charge >= 0.3 is 0 Å². The Bertz CT molecular complexity index is 1240. The second kappa shape index (κ2) is 11.3. The average molecular weight is 460 g/mol. The van der Waals surface area contributed by atoms with E-state index in [9.17, 15) is 14.7 Å². The summed E-state index contributed by atoms with van der Waals surface area (Å²) in [5.41, 5.74) is 4.38. The molecule has 0 radical (unpaired) electrons. The van der Waals surface area contributed by atoms with E-state index in [1.807, 2.05) is 0 Å². The molecule has 0 aliphatic heterocycles. The summed E-state index contributed by atoms with van der Waals surface area (Å²) in [6.07, 6.45) is 2.80. The number of phenolic OH excluding ortho intramolecular Hbond substituents is 1. The number of methoxy groups -OCH3 is 2. The number of amides is 2. The summed E-state index contributed by atoms with van der Waals surface area (Å²) < 4.78 is 10.6. The zero-order valence-corrected chi connectivity index (χ0v) is 19.0. The number of nitrogens with zero attached hydrogens (tertiary/aromatic N) is 1. The Morgan fingerprint density at radius 1 is 0.941 bits per heavy atom. The van der Waals surface area contributed by atoms with Crippen LogP contribution in [0.4, 0.5) is 0 Å². The number of nitrogens with one attached hydrogen (secondary N) is 2. The van der Waals surface area contributed by atoms with Crippen molar-refractivity contribution in [2.45, 2.75) is 6.92 Å². The molecule has 0 fully saturated rings. The molecule has 2 amide bonds. The van der Waals surface area contributed by atoms with Crippen LogP contribution in [-0.2, 0) is 4.79 Å². The van der Waals surface area contributed by atoms with Crippen molar-refractivity contribution in [1.29, 1.82) is 0 Å². The highest BCUT2D eigenvalue weighted by Crippen LogP contribution is 2.26. The number of ether oxygens (including phenoxy) is 2. The molecule has 0 unspecified atom stereocenters. The van der Waals surface area contributed by atoms with Crippen molar-refractivity contribution in [2.24, 2.45) is 5.10 Å². The summed E-state index contributed by atoms with van der Waals surface area (Å²) in [7, 11) is 3.03. The van der Waals surface area contributed by atoms with Crippen LogP contribution in [0.5, 0.6) is 17.2 Å². The first kappa shape index (κ1) is 24.1. The number of para-hydroxylation sites is 1. The van der Waals surface area contributed by atoms with E-state index in [0.717, 1.165) is 0 Å². The maximum Gasteiger partial charge on any atom is 0.287 e. The Kier molecular flexibility index (Phi) is 8.02. The summed E-state index contributed by atoms with van der Waals surface area (Å²) in [6.45, 7) is 1.76. The fourth-order valence-corrected chi connectivity index (χ4v) is 3.04. The molecule has 0 aromatic heterocycles. The van der Waals surface area contributed by atoms with E-state index in [-0.39, 0.29) is 11.4 Å². The first-order valence-corrected chi connectivity index (χ1v) is 10.3. The first-order chi connectivity index (χ1) is 16.4. The third-order valence-electron chi connectivity index (χ3n) is 4.91. The minimum absolute atomic E-state index is 0.0528. The first-order valence-electron chi connectivity index (χ1n) is 10.3. The largest absolute Gasteiger partial charge is 0.507 e. The van der Waals surface area contributed by atoms with E-state index in [1.165, 1.54) is 26.5 Å². The summed E-state index contributed by atoms with van der Waals surface area (Å²) in [5.74, 6) is -0.0281. The Morgan fingerprint density at radius 3 is 2.41 bits per heavy atom. The van der Waals surface area contributed by atoms with Gasteiger partial charge in [0.05, 0.1) is 20.4 Å². The molecule has 3 aromatic rings. The van der Waals surface area contributed by atoms with Gasteiger partial charge in [-0.2, -0.15) is 5.10 Å². The van der Waals surface area contributed by atoms with Crippen LogP contribution in [0.15, 0.2) is 77.5 Å². The Balaban J connectivity index is 1.90. The third kappa shape index (κ3) is 6.01. The second-order valence-electron chi connectivity index (χ2n) is 7.20. The van der Waals surface area contributed by atoms with Gasteiger partial charge in [0.15, 0.2) is 0 Å². The molecule has 0 heterocycles. The minimum Gasteiger partial charge on any atom is -0.507 e. The minimum atomic E-state index is -0.662. The lowest BCUT2D eigenvalue weighted by Gasteiger charge is -2.11. The topological polar surface area (TPSA) is 109 Å². The number of aromatic hydroxyl groups is 1. The number of benzene rings is 3. The predicted molar refractivity (Wildman–Crippen MR) is 130 cm³/mol. The second-order valence-corrected chi connectivity index (χ2v) is 7.20. The molecule has 8 nitrogen and oxygen atoms in total. The van der Waals surface area contributed by atoms with Gasteiger partial charge in [0.1, 0.15) is 22.9 Å². The van der Waals surface area contributed by atoms with Crippen molar-refractivity contribution < 1.29 is 24.2 Å². The Morgan fingerprint density at radius 2 is 1.71 bits per heavy atom. The van der Waals surface area contributed by atoms with Crippen LogP contribution in [0.25, 0.3) is 6.08 Å². The van der Waals surface area contributed by atoms with Gasteiger partial charge in [-0.3, -0.25) is 9.59 Å². The maximum absolute atomic E-state index is 12.9. The van der Waals surface area contributed by atoms with Gasteiger partial charge in [0.2, 0.25) is 0 Å². The van der Waals surface area contributed by atoms with Gasteiger partial charge in [-0.1, -0.05) is 30.3 Å². The number of hydrogen-bond acceptors (Lipinski definition) is 6. The van der Waals surface area contributed by atoms with Crippen molar-refractivity contribution >= 4 is 24.1 Å². The van der Waals surface area contributed by atoms with E-state index in [1.54, 1.807) is 73.7 Å². The molecule has 0 saturated heterocycles.